The molecule has 1 aromatic carbocycles. The zero-order valence-corrected chi connectivity index (χ0v) is 15.5. The standard InChI is InChI=1S/C17H20ClNO4S/c1-4-6-7-23-14-12(18)8-11(9-13(14)22-5-2)16-19-10(3)15(24-16)17(20)21/h8-9H,4-7H2,1-3H3,(H,20,21). The third-order valence-electron chi connectivity index (χ3n) is 3.29. The monoisotopic (exact) mass is 369 g/mol. The van der Waals surface area contributed by atoms with E-state index in [-0.39, 0.29) is 4.88 Å². The van der Waals surface area contributed by atoms with E-state index < -0.39 is 5.97 Å². The molecule has 0 fully saturated rings. The van der Waals surface area contributed by atoms with Gasteiger partial charge in [-0.1, -0.05) is 24.9 Å². The molecule has 0 aliphatic rings. The van der Waals surface area contributed by atoms with Crippen LogP contribution in [0.2, 0.25) is 5.02 Å². The molecule has 0 saturated heterocycles. The Bertz CT molecular complexity index is 730. The van der Waals surface area contributed by atoms with Crippen molar-refractivity contribution in [1.82, 2.24) is 4.98 Å². The fourth-order valence-corrected chi connectivity index (χ4v) is 3.29. The first kappa shape index (κ1) is 18.5. The maximum Gasteiger partial charge on any atom is 0.347 e. The zero-order chi connectivity index (χ0) is 17.7. The predicted molar refractivity (Wildman–Crippen MR) is 95.8 cm³/mol. The molecular formula is C17H20ClNO4S. The second kappa shape index (κ2) is 8.35. The van der Waals surface area contributed by atoms with Gasteiger partial charge in [0.2, 0.25) is 0 Å². The first-order valence-electron chi connectivity index (χ1n) is 7.78. The van der Waals surface area contributed by atoms with Crippen LogP contribution < -0.4 is 9.47 Å². The van der Waals surface area contributed by atoms with Crippen LogP contribution >= 0.6 is 22.9 Å². The van der Waals surface area contributed by atoms with Crippen LogP contribution in [-0.4, -0.2) is 29.3 Å². The molecule has 1 heterocycles. The topological polar surface area (TPSA) is 68.7 Å². The van der Waals surface area contributed by atoms with E-state index in [9.17, 15) is 9.90 Å². The molecule has 1 N–H and O–H groups in total. The molecule has 130 valence electrons. The van der Waals surface area contributed by atoms with Crippen LogP contribution in [0.4, 0.5) is 0 Å². The number of rotatable bonds is 8. The summed E-state index contributed by atoms with van der Waals surface area (Å²) in [6, 6.07) is 3.52. The van der Waals surface area contributed by atoms with E-state index in [1.807, 2.05) is 6.92 Å². The minimum atomic E-state index is -0.980. The van der Waals surface area contributed by atoms with Crippen LogP contribution in [0.15, 0.2) is 12.1 Å². The summed E-state index contributed by atoms with van der Waals surface area (Å²) in [5, 5.41) is 10.2. The Morgan fingerprint density at radius 3 is 2.67 bits per heavy atom. The Kier molecular flexibility index (Phi) is 6.45. The number of aromatic nitrogens is 1. The fraction of sp³-hybridized carbons (Fsp3) is 0.412. The van der Waals surface area contributed by atoms with Gasteiger partial charge in [-0.15, -0.1) is 11.3 Å². The van der Waals surface area contributed by atoms with Crippen molar-refractivity contribution in [2.45, 2.75) is 33.6 Å². The van der Waals surface area contributed by atoms with Crippen LogP contribution in [0.25, 0.3) is 10.6 Å². The summed E-state index contributed by atoms with van der Waals surface area (Å²) < 4.78 is 11.4. The van der Waals surface area contributed by atoms with Gasteiger partial charge in [0.1, 0.15) is 9.88 Å². The molecule has 0 aliphatic heterocycles. The highest BCUT2D eigenvalue weighted by Gasteiger charge is 2.19. The van der Waals surface area contributed by atoms with Gasteiger partial charge < -0.3 is 14.6 Å². The average molecular weight is 370 g/mol. The van der Waals surface area contributed by atoms with E-state index in [0.717, 1.165) is 24.2 Å². The van der Waals surface area contributed by atoms with Crippen molar-refractivity contribution >= 4 is 28.9 Å². The van der Waals surface area contributed by atoms with Gasteiger partial charge in [-0.25, -0.2) is 9.78 Å². The van der Waals surface area contributed by atoms with E-state index >= 15 is 0 Å². The summed E-state index contributed by atoms with van der Waals surface area (Å²) in [5.41, 5.74) is 1.20. The molecule has 0 unspecified atom stereocenters. The molecule has 1 aromatic heterocycles. The van der Waals surface area contributed by atoms with E-state index in [4.69, 9.17) is 21.1 Å². The third kappa shape index (κ3) is 4.19. The maximum absolute atomic E-state index is 11.2. The molecule has 2 rings (SSSR count). The van der Waals surface area contributed by atoms with Crippen molar-refractivity contribution in [3.05, 3.63) is 27.7 Å². The summed E-state index contributed by atoms with van der Waals surface area (Å²) in [4.78, 5) is 15.8. The van der Waals surface area contributed by atoms with Gasteiger partial charge in [-0.05, 0) is 32.4 Å². The molecule has 5 nitrogen and oxygen atoms in total. The minimum absolute atomic E-state index is 0.224. The molecule has 0 saturated carbocycles. The minimum Gasteiger partial charge on any atom is -0.490 e. The van der Waals surface area contributed by atoms with Crippen LogP contribution in [0.3, 0.4) is 0 Å². The van der Waals surface area contributed by atoms with Crippen molar-refractivity contribution in [3.63, 3.8) is 0 Å². The summed E-state index contributed by atoms with van der Waals surface area (Å²) in [7, 11) is 0. The van der Waals surface area contributed by atoms with Crippen molar-refractivity contribution in [2.75, 3.05) is 13.2 Å². The number of thiazole rings is 1. The Morgan fingerprint density at radius 2 is 2.08 bits per heavy atom. The van der Waals surface area contributed by atoms with Gasteiger partial charge in [0.25, 0.3) is 0 Å². The Balaban J connectivity index is 2.41. The fourth-order valence-electron chi connectivity index (χ4n) is 2.13. The molecule has 0 radical (unpaired) electrons. The molecular weight excluding hydrogens is 350 g/mol. The first-order chi connectivity index (χ1) is 11.5. The highest BCUT2D eigenvalue weighted by Crippen LogP contribution is 2.41. The van der Waals surface area contributed by atoms with E-state index in [1.165, 1.54) is 0 Å². The van der Waals surface area contributed by atoms with Gasteiger partial charge in [-0.2, -0.15) is 0 Å². The van der Waals surface area contributed by atoms with Gasteiger partial charge in [-0.3, -0.25) is 0 Å². The summed E-state index contributed by atoms with van der Waals surface area (Å²) >= 11 is 7.48. The number of halogens is 1. The smallest absolute Gasteiger partial charge is 0.347 e. The zero-order valence-electron chi connectivity index (χ0n) is 13.9. The summed E-state index contributed by atoms with van der Waals surface area (Å²) in [6.07, 6.45) is 1.95. The molecule has 0 aliphatic carbocycles. The lowest BCUT2D eigenvalue weighted by Gasteiger charge is -2.14. The lowest BCUT2D eigenvalue weighted by atomic mass is 10.2. The number of carboxylic acid groups (broad SMARTS) is 1. The SMILES string of the molecule is CCCCOc1c(Cl)cc(-c2nc(C)c(C(=O)O)s2)cc1OCC. The number of hydrogen-bond donors (Lipinski definition) is 1. The molecule has 0 amide bonds. The number of aromatic carboxylic acids is 1. The molecule has 24 heavy (non-hydrogen) atoms. The lowest BCUT2D eigenvalue weighted by Crippen LogP contribution is -2.01. The van der Waals surface area contributed by atoms with Crippen LogP contribution in [0, 0.1) is 6.92 Å². The second-order valence-electron chi connectivity index (χ2n) is 5.16. The largest absolute Gasteiger partial charge is 0.490 e. The number of carbonyl (C=O) groups is 1. The Labute approximate surface area is 150 Å². The van der Waals surface area contributed by atoms with Crippen LogP contribution in [-0.2, 0) is 0 Å². The Hall–Kier alpha value is -1.79. The highest BCUT2D eigenvalue weighted by atomic mass is 35.5. The van der Waals surface area contributed by atoms with Gasteiger partial charge in [0.15, 0.2) is 11.5 Å². The number of ether oxygens (including phenoxy) is 2. The molecule has 2 aromatic rings. The summed E-state index contributed by atoms with van der Waals surface area (Å²) in [5.74, 6) is 0.0789. The highest BCUT2D eigenvalue weighted by molar-refractivity contribution is 7.17. The number of unbranched alkanes of at least 4 members (excludes halogenated alkanes) is 1. The normalized spacial score (nSPS) is 10.7. The number of hydrogen-bond acceptors (Lipinski definition) is 5. The van der Waals surface area contributed by atoms with E-state index in [0.29, 0.717) is 46.0 Å². The van der Waals surface area contributed by atoms with E-state index in [1.54, 1.807) is 19.1 Å². The molecule has 0 bridgehead atoms. The molecule has 7 heteroatoms. The maximum atomic E-state index is 11.2. The Morgan fingerprint density at radius 1 is 1.33 bits per heavy atom. The number of carboxylic acids is 1. The number of nitrogens with zero attached hydrogens (tertiary/aromatic N) is 1. The van der Waals surface area contributed by atoms with Crippen molar-refractivity contribution in [2.24, 2.45) is 0 Å². The number of aryl methyl sites for hydroxylation is 1. The third-order valence-corrected chi connectivity index (χ3v) is 4.77. The van der Waals surface area contributed by atoms with Crippen molar-refractivity contribution in [1.29, 1.82) is 0 Å². The number of benzene rings is 1. The van der Waals surface area contributed by atoms with Gasteiger partial charge in [0.05, 0.1) is 23.9 Å². The molecule has 0 atom stereocenters. The summed E-state index contributed by atoms with van der Waals surface area (Å²) in [6.45, 7) is 6.68. The average Bonchev–Trinajstić information content (AvgIpc) is 2.92. The lowest BCUT2D eigenvalue weighted by molar-refractivity contribution is 0.0701. The quantitative estimate of drug-likeness (QED) is 0.659. The predicted octanol–water partition coefficient (Wildman–Crippen LogP) is 5.05. The second-order valence-corrected chi connectivity index (χ2v) is 6.57. The van der Waals surface area contributed by atoms with E-state index in [2.05, 4.69) is 11.9 Å². The first-order valence-corrected chi connectivity index (χ1v) is 8.97. The van der Waals surface area contributed by atoms with Gasteiger partial charge in [0, 0.05) is 5.56 Å². The van der Waals surface area contributed by atoms with Gasteiger partial charge >= 0.3 is 5.97 Å². The van der Waals surface area contributed by atoms with Crippen molar-refractivity contribution in [3.8, 4) is 22.1 Å². The molecule has 0 spiro atoms. The van der Waals surface area contributed by atoms with Crippen LogP contribution in [0.5, 0.6) is 11.5 Å². The van der Waals surface area contributed by atoms with Crippen molar-refractivity contribution < 1.29 is 19.4 Å². The van der Waals surface area contributed by atoms with Crippen LogP contribution in [0.1, 0.15) is 42.1 Å².